The minimum absolute atomic E-state index is 0.000602. The zero-order valence-corrected chi connectivity index (χ0v) is 9.16. The number of hydrogen-bond donors (Lipinski definition) is 2. The van der Waals surface area contributed by atoms with Crippen molar-refractivity contribution in [2.75, 3.05) is 13.2 Å². The Balaban J connectivity index is 2.22. The van der Waals surface area contributed by atoms with Gasteiger partial charge in [0, 0.05) is 6.04 Å². The molecule has 0 spiro atoms. The van der Waals surface area contributed by atoms with Crippen molar-refractivity contribution in [2.24, 2.45) is 10.7 Å². The first-order valence-corrected chi connectivity index (χ1v) is 5.44. The predicted molar refractivity (Wildman–Crippen MR) is 58.5 cm³/mol. The lowest BCUT2D eigenvalue weighted by Crippen LogP contribution is -2.39. The van der Waals surface area contributed by atoms with Gasteiger partial charge in [0.2, 0.25) is 0 Å². The van der Waals surface area contributed by atoms with E-state index in [1.165, 1.54) is 12.8 Å². The van der Waals surface area contributed by atoms with Crippen molar-refractivity contribution in [2.45, 2.75) is 38.6 Å². The van der Waals surface area contributed by atoms with Crippen LogP contribution in [-0.4, -0.2) is 31.1 Å². The molecule has 0 aromatic carbocycles. The molecular formula is C10H19N3O2. The van der Waals surface area contributed by atoms with Gasteiger partial charge in [0.05, 0.1) is 6.61 Å². The lowest BCUT2D eigenvalue weighted by Gasteiger charge is -2.11. The minimum Gasteiger partial charge on any atom is -0.465 e. The molecule has 0 unspecified atom stereocenters. The van der Waals surface area contributed by atoms with E-state index in [2.05, 4.69) is 10.3 Å². The van der Waals surface area contributed by atoms with Crippen molar-refractivity contribution in [3.63, 3.8) is 0 Å². The Bertz CT molecular complexity index is 235. The molecule has 0 bridgehead atoms. The van der Waals surface area contributed by atoms with Gasteiger partial charge in [0.25, 0.3) is 0 Å². The molecule has 5 heteroatoms. The molecule has 0 aliphatic heterocycles. The number of esters is 1. The second-order valence-electron chi connectivity index (χ2n) is 3.63. The van der Waals surface area contributed by atoms with Crippen LogP contribution in [0, 0.1) is 0 Å². The Morgan fingerprint density at radius 2 is 2.20 bits per heavy atom. The highest BCUT2D eigenvalue weighted by molar-refractivity contribution is 5.81. The van der Waals surface area contributed by atoms with Gasteiger partial charge in [-0.05, 0) is 19.8 Å². The molecule has 1 aliphatic carbocycles. The maximum Gasteiger partial charge on any atom is 0.327 e. The largest absolute Gasteiger partial charge is 0.465 e. The molecule has 1 aliphatic rings. The lowest BCUT2D eigenvalue weighted by atomic mass is 10.2. The highest BCUT2D eigenvalue weighted by atomic mass is 16.5. The van der Waals surface area contributed by atoms with Crippen LogP contribution < -0.4 is 11.1 Å². The van der Waals surface area contributed by atoms with E-state index < -0.39 is 0 Å². The molecule has 15 heavy (non-hydrogen) atoms. The van der Waals surface area contributed by atoms with Crippen LogP contribution in [0.15, 0.2) is 4.99 Å². The number of carbonyl (C=O) groups is 1. The van der Waals surface area contributed by atoms with Gasteiger partial charge >= 0.3 is 5.97 Å². The number of nitrogens with two attached hydrogens (primary N) is 1. The highest BCUT2D eigenvalue weighted by Crippen LogP contribution is 2.17. The fourth-order valence-electron chi connectivity index (χ4n) is 1.68. The van der Waals surface area contributed by atoms with Crippen molar-refractivity contribution < 1.29 is 9.53 Å². The topological polar surface area (TPSA) is 76.7 Å². The summed E-state index contributed by atoms with van der Waals surface area (Å²) in [5.74, 6) is 0.00336. The number of ether oxygens (including phenoxy) is 1. The van der Waals surface area contributed by atoms with Crippen LogP contribution >= 0.6 is 0 Å². The van der Waals surface area contributed by atoms with E-state index in [1.54, 1.807) is 6.92 Å². The van der Waals surface area contributed by atoms with Gasteiger partial charge < -0.3 is 15.8 Å². The van der Waals surface area contributed by atoms with Gasteiger partial charge in [-0.15, -0.1) is 0 Å². The zero-order valence-electron chi connectivity index (χ0n) is 9.16. The molecule has 0 atom stereocenters. The van der Waals surface area contributed by atoms with Gasteiger partial charge in [-0.2, -0.15) is 0 Å². The standard InChI is InChI=1S/C10H19N3O2/c1-2-15-9(14)7-12-10(11)13-8-5-3-4-6-8/h8H,2-7H2,1H3,(H3,11,12,13). The number of hydrogen-bond acceptors (Lipinski definition) is 3. The predicted octanol–water partition coefficient (Wildman–Crippen LogP) is 0.396. The first-order chi connectivity index (χ1) is 7.22. The van der Waals surface area contributed by atoms with Crippen molar-refractivity contribution in [1.82, 2.24) is 5.32 Å². The van der Waals surface area contributed by atoms with Gasteiger partial charge in [-0.3, -0.25) is 4.79 Å². The Hall–Kier alpha value is -1.26. The van der Waals surface area contributed by atoms with Crippen LogP contribution in [0.2, 0.25) is 0 Å². The van der Waals surface area contributed by atoms with Gasteiger partial charge in [-0.1, -0.05) is 12.8 Å². The average molecular weight is 213 g/mol. The lowest BCUT2D eigenvalue weighted by molar-refractivity contribution is -0.141. The van der Waals surface area contributed by atoms with E-state index in [4.69, 9.17) is 10.5 Å². The van der Waals surface area contributed by atoms with Crippen molar-refractivity contribution >= 4 is 11.9 Å². The molecule has 5 nitrogen and oxygen atoms in total. The molecular weight excluding hydrogens is 194 g/mol. The van der Waals surface area contributed by atoms with E-state index in [-0.39, 0.29) is 12.5 Å². The number of carbonyl (C=O) groups excluding carboxylic acids is 1. The first-order valence-electron chi connectivity index (χ1n) is 5.44. The Morgan fingerprint density at radius 3 is 2.80 bits per heavy atom. The Morgan fingerprint density at radius 1 is 1.53 bits per heavy atom. The van der Waals surface area contributed by atoms with Crippen LogP contribution in [0.3, 0.4) is 0 Å². The normalized spacial score (nSPS) is 17.8. The van der Waals surface area contributed by atoms with E-state index in [0.717, 1.165) is 12.8 Å². The Kier molecular flexibility index (Phi) is 4.93. The number of aliphatic imine (C=N–C) groups is 1. The summed E-state index contributed by atoms with van der Waals surface area (Å²) in [6.45, 7) is 2.14. The van der Waals surface area contributed by atoms with Gasteiger partial charge in [0.15, 0.2) is 5.96 Å². The summed E-state index contributed by atoms with van der Waals surface area (Å²) in [5.41, 5.74) is 5.63. The Labute approximate surface area is 90.1 Å². The summed E-state index contributed by atoms with van der Waals surface area (Å²) >= 11 is 0. The molecule has 0 saturated heterocycles. The van der Waals surface area contributed by atoms with Crippen LogP contribution in [0.25, 0.3) is 0 Å². The SMILES string of the molecule is CCOC(=O)CN=C(N)NC1CCCC1. The number of nitrogens with one attached hydrogen (secondary N) is 1. The molecule has 86 valence electrons. The van der Waals surface area contributed by atoms with Crippen molar-refractivity contribution in [3.8, 4) is 0 Å². The maximum absolute atomic E-state index is 11.0. The van der Waals surface area contributed by atoms with Gasteiger partial charge in [0.1, 0.15) is 6.54 Å². The number of guanidine groups is 1. The molecule has 1 saturated carbocycles. The fraction of sp³-hybridized carbons (Fsp3) is 0.800. The molecule has 1 fully saturated rings. The third kappa shape index (κ3) is 4.67. The summed E-state index contributed by atoms with van der Waals surface area (Å²) in [6, 6.07) is 0.427. The number of rotatable bonds is 4. The van der Waals surface area contributed by atoms with Crippen LogP contribution in [-0.2, 0) is 9.53 Å². The van der Waals surface area contributed by atoms with Gasteiger partial charge in [-0.25, -0.2) is 4.99 Å². The van der Waals surface area contributed by atoms with Crippen LogP contribution in [0.5, 0.6) is 0 Å². The number of nitrogens with zero attached hydrogens (tertiary/aromatic N) is 1. The highest BCUT2D eigenvalue weighted by Gasteiger charge is 2.14. The second-order valence-corrected chi connectivity index (χ2v) is 3.63. The molecule has 3 N–H and O–H groups in total. The third-order valence-electron chi connectivity index (χ3n) is 2.39. The first kappa shape index (κ1) is 11.8. The molecule has 0 heterocycles. The van der Waals surface area contributed by atoms with Crippen LogP contribution in [0.4, 0.5) is 0 Å². The van der Waals surface area contributed by atoms with Crippen molar-refractivity contribution in [1.29, 1.82) is 0 Å². The van der Waals surface area contributed by atoms with E-state index in [0.29, 0.717) is 18.6 Å². The summed E-state index contributed by atoms with van der Waals surface area (Å²) in [5, 5.41) is 3.10. The molecule has 0 radical (unpaired) electrons. The smallest absolute Gasteiger partial charge is 0.327 e. The van der Waals surface area contributed by atoms with E-state index in [1.807, 2.05) is 0 Å². The zero-order chi connectivity index (χ0) is 11.1. The third-order valence-corrected chi connectivity index (χ3v) is 2.39. The quantitative estimate of drug-likeness (QED) is 0.402. The molecule has 0 amide bonds. The summed E-state index contributed by atoms with van der Waals surface area (Å²) in [7, 11) is 0. The summed E-state index contributed by atoms with van der Waals surface area (Å²) in [6.07, 6.45) is 4.75. The molecule has 0 aromatic rings. The molecule has 0 aromatic heterocycles. The van der Waals surface area contributed by atoms with E-state index >= 15 is 0 Å². The average Bonchev–Trinajstić information content (AvgIpc) is 2.68. The van der Waals surface area contributed by atoms with Crippen molar-refractivity contribution in [3.05, 3.63) is 0 Å². The molecule has 1 rings (SSSR count). The van der Waals surface area contributed by atoms with Crippen LogP contribution in [0.1, 0.15) is 32.6 Å². The minimum atomic E-state index is -0.339. The fourth-order valence-corrected chi connectivity index (χ4v) is 1.68. The second kappa shape index (κ2) is 6.27. The summed E-state index contributed by atoms with van der Waals surface area (Å²) < 4.78 is 4.73. The van der Waals surface area contributed by atoms with E-state index in [9.17, 15) is 4.79 Å². The summed E-state index contributed by atoms with van der Waals surface area (Å²) in [4.78, 5) is 14.9. The monoisotopic (exact) mass is 213 g/mol. The maximum atomic E-state index is 11.0.